The molecular weight excluding hydrogens is 425 g/mol. The van der Waals surface area contributed by atoms with Crippen molar-refractivity contribution >= 4 is 30.7 Å². The first-order valence-electron chi connectivity index (χ1n) is 11.1. The number of nitrogens with zero attached hydrogens (tertiary/aromatic N) is 1. The van der Waals surface area contributed by atoms with Gasteiger partial charge >= 0.3 is 0 Å². The Morgan fingerprint density at radius 1 is 1.17 bits per heavy atom. The maximum absolute atomic E-state index is 13.2. The number of rotatable bonds is 6. The number of nitrogens with one attached hydrogen (secondary N) is 1. The number of hydrogen-bond acceptors (Lipinski definition) is 5. The smallest absolute Gasteiger partial charge is 0.240 e. The van der Waals surface area contributed by atoms with Gasteiger partial charge in [-0.05, 0) is 33.6 Å². The highest BCUT2D eigenvalue weighted by Gasteiger charge is 2.63. The Labute approximate surface area is 195 Å². The van der Waals surface area contributed by atoms with Crippen molar-refractivity contribution in [2.24, 2.45) is 11.1 Å². The first kappa shape index (κ1) is 27.9. The number of carbonyl (C=O) groups excluding carboxylic acids is 1. The van der Waals surface area contributed by atoms with E-state index in [1.807, 2.05) is 6.92 Å². The van der Waals surface area contributed by atoms with Crippen molar-refractivity contribution in [1.82, 2.24) is 10.2 Å². The summed E-state index contributed by atoms with van der Waals surface area (Å²) >= 11 is 0. The van der Waals surface area contributed by atoms with Crippen molar-refractivity contribution in [1.29, 1.82) is 0 Å². The minimum atomic E-state index is -0.854. The van der Waals surface area contributed by atoms with Crippen molar-refractivity contribution < 1.29 is 14.3 Å². The van der Waals surface area contributed by atoms with Gasteiger partial charge in [-0.25, -0.2) is 0 Å². The molecule has 3 fully saturated rings. The molecular formula is C22H43Cl2N3O3. The molecule has 2 saturated carbocycles. The largest absolute Gasteiger partial charge is 0.378 e. The molecule has 3 rings (SSSR count). The van der Waals surface area contributed by atoms with E-state index < -0.39 is 5.54 Å². The summed E-state index contributed by atoms with van der Waals surface area (Å²) in [6, 6.07) is 0. The number of amides is 1. The van der Waals surface area contributed by atoms with Gasteiger partial charge in [-0.2, -0.15) is 0 Å². The number of carbonyl (C=O) groups is 1. The molecule has 0 aromatic heterocycles. The molecule has 1 heterocycles. The maximum Gasteiger partial charge on any atom is 0.240 e. The molecule has 0 aromatic carbocycles. The Morgan fingerprint density at radius 3 is 2.33 bits per heavy atom. The van der Waals surface area contributed by atoms with Crippen LogP contribution in [0, 0.1) is 5.41 Å². The van der Waals surface area contributed by atoms with Gasteiger partial charge in [0.2, 0.25) is 5.91 Å². The third-order valence-corrected chi connectivity index (χ3v) is 7.69. The van der Waals surface area contributed by atoms with E-state index in [1.165, 1.54) is 19.3 Å². The molecule has 3 N–H and O–H groups in total. The fourth-order valence-corrected chi connectivity index (χ4v) is 5.46. The molecule has 1 saturated heterocycles. The molecule has 2 atom stereocenters. The fraction of sp³-hybridized carbons (Fsp3) is 0.955. The average molecular weight is 469 g/mol. The fourth-order valence-electron chi connectivity index (χ4n) is 5.46. The van der Waals surface area contributed by atoms with Crippen LogP contribution < -0.4 is 11.1 Å². The van der Waals surface area contributed by atoms with Gasteiger partial charge in [0.05, 0.1) is 18.3 Å². The Kier molecular flexibility index (Phi) is 9.51. The quantitative estimate of drug-likeness (QED) is 0.626. The molecule has 178 valence electrons. The third kappa shape index (κ3) is 5.10. The van der Waals surface area contributed by atoms with Crippen molar-refractivity contribution in [2.75, 3.05) is 32.8 Å². The topological polar surface area (TPSA) is 76.8 Å². The minimum Gasteiger partial charge on any atom is -0.378 e. The number of nitrogens with two attached hydrogens (primary N) is 1. The van der Waals surface area contributed by atoms with Crippen molar-refractivity contribution in [2.45, 2.75) is 95.9 Å². The summed E-state index contributed by atoms with van der Waals surface area (Å²) in [5.41, 5.74) is 5.28. The van der Waals surface area contributed by atoms with Gasteiger partial charge in [-0.15, -0.1) is 24.8 Å². The number of ether oxygens (including phenoxy) is 2. The molecule has 2 unspecified atom stereocenters. The summed E-state index contributed by atoms with van der Waals surface area (Å²) < 4.78 is 11.7. The molecule has 0 spiro atoms. The summed E-state index contributed by atoms with van der Waals surface area (Å²) in [6.07, 6.45) is 6.64. The lowest BCUT2D eigenvalue weighted by atomic mass is 9.54. The zero-order valence-corrected chi connectivity index (χ0v) is 21.1. The SMILES string of the molecule is CCOC1CC(N)(C(=O)NCC2(N3CCOC(C)(C)C3)CCCCC2)C1(C)C.Cl.Cl. The Balaban J connectivity index is 0.00000225. The summed E-state index contributed by atoms with van der Waals surface area (Å²) in [4.78, 5) is 15.8. The maximum atomic E-state index is 13.2. The van der Waals surface area contributed by atoms with Crippen molar-refractivity contribution in [3.63, 3.8) is 0 Å². The van der Waals surface area contributed by atoms with E-state index in [9.17, 15) is 4.79 Å². The third-order valence-electron chi connectivity index (χ3n) is 7.69. The van der Waals surface area contributed by atoms with Crippen LogP contribution in [-0.2, 0) is 14.3 Å². The van der Waals surface area contributed by atoms with E-state index in [2.05, 4.69) is 37.9 Å². The zero-order valence-electron chi connectivity index (χ0n) is 19.4. The normalized spacial score (nSPS) is 32.1. The van der Waals surface area contributed by atoms with Gasteiger partial charge in [0, 0.05) is 43.6 Å². The number of hydrogen-bond donors (Lipinski definition) is 2. The summed E-state index contributed by atoms with van der Waals surface area (Å²) in [5, 5.41) is 3.28. The Morgan fingerprint density at radius 2 is 1.80 bits per heavy atom. The molecule has 6 nitrogen and oxygen atoms in total. The summed E-state index contributed by atoms with van der Waals surface area (Å²) in [5.74, 6) is -0.0223. The van der Waals surface area contributed by atoms with Gasteiger partial charge in [0.1, 0.15) is 5.54 Å². The highest BCUT2D eigenvalue weighted by molar-refractivity contribution is 5.88. The first-order valence-corrected chi connectivity index (χ1v) is 11.1. The molecule has 2 aliphatic carbocycles. The molecule has 0 radical (unpaired) electrons. The average Bonchev–Trinajstić information content (AvgIpc) is 2.65. The summed E-state index contributed by atoms with van der Waals surface area (Å²) in [7, 11) is 0. The van der Waals surface area contributed by atoms with E-state index in [0.29, 0.717) is 19.6 Å². The van der Waals surface area contributed by atoms with Crippen LogP contribution >= 0.6 is 24.8 Å². The molecule has 8 heteroatoms. The van der Waals surface area contributed by atoms with Gasteiger partial charge in [0.15, 0.2) is 0 Å². The lowest BCUT2D eigenvalue weighted by molar-refractivity contribution is -0.171. The molecule has 0 aromatic rings. The second-order valence-corrected chi connectivity index (χ2v) is 10.3. The van der Waals surface area contributed by atoms with E-state index in [4.69, 9.17) is 15.2 Å². The molecule has 0 bridgehead atoms. The molecule has 1 amide bonds. The lowest BCUT2D eigenvalue weighted by Gasteiger charge is -2.58. The highest BCUT2D eigenvalue weighted by atomic mass is 35.5. The summed E-state index contributed by atoms with van der Waals surface area (Å²) in [6.45, 7) is 14.4. The van der Waals surface area contributed by atoms with Crippen molar-refractivity contribution in [3.8, 4) is 0 Å². The van der Waals surface area contributed by atoms with Gasteiger partial charge in [-0.1, -0.05) is 33.1 Å². The standard InChI is InChI=1S/C22H41N3O3.2ClH/c1-6-27-17-14-22(23,20(17,4)5)18(26)24-15-21(10-8-7-9-11-21)25-12-13-28-19(2,3)16-25;;/h17H,6-16,23H2,1-5H3,(H,24,26);2*1H. The zero-order chi connectivity index (χ0) is 20.6. The molecule has 30 heavy (non-hydrogen) atoms. The number of halogens is 2. The van der Waals surface area contributed by atoms with Crippen LogP contribution in [0.5, 0.6) is 0 Å². The van der Waals surface area contributed by atoms with Crippen LogP contribution in [0.4, 0.5) is 0 Å². The highest BCUT2D eigenvalue weighted by Crippen LogP contribution is 2.50. The first-order chi connectivity index (χ1) is 13.1. The van der Waals surface area contributed by atoms with Crippen LogP contribution in [0.25, 0.3) is 0 Å². The van der Waals surface area contributed by atoms with Crippen LogP contribution in [0.15, 0.2) is 0 Å². The van der Waals surface area contributed by atoms with Crippen LogP contribution in [0.3, 0.4) is 0 Å². The Hall–Kier alpha value is -0.110. The van der Waals surface area contributed by atoms with Crippen LogP contribution in [0.1, 0.15) is 73.1 Å². The predicted octanol–water partition coefficient (Wildman–Crippen LogP) is 3.29. The van der Waals surface area contributed by atoms with E-state index in [-0.39, 0.29) is 53.4 Å². The minimum absolute atomic E-state index is 0. The molecule has 3 aliphatic rings. The monoisotopic (exact) mass is 467 g/mol. The van der Waals surface area contributed by atoms with E-state index in [0.717, 1.165) is 32.5 Å². The van der Waals surface area contributed by atoms with Gasteiger partial charge in [0.25, 0.3) is 0 Å². The Bertz CT molecular complexity index is 582. The lowest BCUT2D eigenvalue weighted by Crippen LogP contribution is -2.76. The van der Waals surface area contributed by atoms with Crippen LogP contribution in [-0.4, -0.2) is 66.4 Å². The predicted molar refractivity (Wildman–Crippen MR) is 126 cm³/mol. The second kappa shape index (κ2) is 10.2. The van der Waals surface area contributed by atoms with Crippen LogP contribution in [0.2, 0.25) is 0 Å². The van der Waals surface area contributed by atoms with E-state index in [1.54, 1.807) is 0 Å². The number of morpholine rings is 1. The van der Waals surface area contributed by atoms with Crippen molar-refractivity contribution in [3.05, 3.63) is 0 Å². The van der Waals surface area contributed by atoms with Gasteiger partial charge in [-0.3, -0.25) is 9.69 Å². The van der Waals surface area contributed by atoms with E-state index >= 15 is 0 Å². The second-order valence-electron chi connectivity index (χ2n) is 10.3. The van der Waals surface area contributed by atoms with Gasteiger partial charge < -0.3 is 20.5 Å². The molecule has 1 aliphatic heterocycles.